The molecule has 0 atom stereocenters. The second-order valence-electron chi connectivity index (χ2n) is 7.72. The molecule has 0 spiro atoms. The van der Waals surface area contributed by atoms with Gasteiger partial charge in [0.1, 0.15) is 0 Å². The summed E-state index contributed by atoms with van der Waals surface area (Å²) in [5.41, 5.74) is 3.58. The summed E-state index contributed by atoms with van der Waals surface area (Å²) in [6.07, 6.45) is 3.58. The predicted molar refractivity (Wildman–Crippen MR) is 143 cm³/mol. The summed E-state index contributed by atoms with van der Waals surface area (Å²) < 4.78 is 5.83. The molecule has 1 fully saturated rings. The summed E-state index contributed by atoms with van der Waals surface area (Å²) in [5.74, 6) is 1.72. The number of hydrogen-bond donors (Lipinski definition) is 1. The number of aliphatic imine (C=N–C) groups is 1. The van der Waals surface area contributed by atoms with E-state index in [0.717, 1.165) is 44.6 Å². The minimum absolute atomic E-state index is 0. The van der Waals surface area contributed by atoms with Gasteiger partial charge in [0.2, 0.25) is 5.95 Å². The molecule has 1 aliphatic rings. The SMILES string of the molecule is CN=C(NCc1ccc(COCc2ccccc2)cc1)N1CCN(c2ncccn2)CC1.I. The summed E-state index contributed by atoms with van der Waals surface area (Å²) in [6.45, 7) is 5.50. The third-order valence-corrected chi connectivity index (χ3v) is 5.48. The van der Waals surface area contributed by atoms with Crippen LogP contribution in [0.25, 0.3) is 0 Å². The molecule has 1 aliphatic heterocycles. The molecule has 0 amide bonds. The summed E-state index contributed by atoms with van der Waals surface area (Å²) in [4.78, 5) is 17.7. The molecule has 174 valence electrons. The highest BCUT2D eigenvalue weighted by molar-refractivity contribution is 14.0. The van der Waals surface area contributed by atoms with Crippen LogP contribution in [-0.2, 0) is 24.5 Å². The Morgan fingerprint density at radius 1 is 0.848 bits per heavy atom. The van der Waals surface area contributed by atoms with Gasteiger partial charge in [-0.05, 0) is 22.8 Å². The molecule has 7 nitrogen and oxygen atoms in total. The highest BCUT2D eigenvalue weighted by Crippen LogP contribution is 2.11. The van der Waals surface area contributed by atoms with Crippen LogP contribution in [0.5, 0.6) is 0 Å². The Morgan fingerprint density at radius 2 is 1.45 bits per heavy atom. The van der Waals surface area contributed by atoms with Gasteiger partial charge in [0.15, 0.2) is 5.96 Å². The molecule has 2 aromatic carbocycles. The van der Waals surface area contributed by atoms with Gasteiger partial charge in [0, 0.05) is 52.2 Å². The molecule has 1 N–H and O–H groups in total. The fourth-order valence-corrected chi connectivity index (χ4v) is 3.70. The second-order valence-corrected chi connectivity index (χ2v) is 7.72. The van der Waals surface area contributed by atoms with Crippen molar-refractivity contribution >= 4 is 35.9 Å². The number of ether oxygens (including phenoxy) is 1. The van der Waals surface area contributed by atoms with Gasteiger partial charge in [-0.25, -0.2) is 9.97 Å². The summed E-state index contributed by atoms with van der Waals surface area (Å²) in [6, 6.07) is 20.6. The molecule has 2 heterocycles. The van der Waals surface area contributed by atoms with E-state index in [0.29, 0.717) is 13.2 Å². The molecule has 0 unspecified atom stereocenters. The number of guanidine groups is 1. The zero-order valence-corrected chi connectivity index (χ0v) is 21.3. The van der Waals surface area contributed by atoms with Crippen LogP contribution in [0, 0.1) is 0 Å². The third-order valence-electron chi connectivity index (χ3n) is 5.48. The Bertz CT molecular complexity index is 977. The van der Waals surface area contributed by atoms with Crippen molar-refractivity contribution in [1.82, 2.24) is 20.2 Å². The first-order chi connectivity index (χ1) is 15.8. The molecule has 4 rings (SSSR count). The monoisotopic (exact) mass is 558 g/mol. The van der Waals surface area contributed by atoms with Crippen molar-refractivity contribution in [3.63, 3.8) is 0 Å². The summed E-state index contributed by atoms with van der Waals surface area (Å²) in [5, 5.41) is 3.49. The minimum Gasteiger partial charge on any atom is -0.372 e. The van der Waals surface area contributed by atoms with E-state index in [1.807, 2.05) is 31.3 Å². The second kappa shape index (κ2) is 13.1. The Morgan fingerprint density at radius 3 is 2.09 bits per heavy atom. The number of nitrogens with zero attached hydrogens (tertiary/aromatic N) is 5. The molecule has 1 saturated heterocycles. The lowest BCUT2D eigenvalue weighted by molar-refractivity contribution is 0.107. The number of piperazine rings is 1. The maximum Gasteiger partial charge on any atom is 0.225 e. The normalized spacial score (nSPS) is 14.0. The van der Waals surface area contributed by atoms with E-state index in [1.165, 1.54) is 16.7 Å². The first-order valence-electron chi connectivity index (χ1n) is 11.0. The Kier molecular flexibility index (Phi) is 9.89. The van der Waals surface area contributed by atoms with Crippen molar-refractivity contribution in [2.24, 2.45) is 4.99 Å². The molecule has 3 aromatic rings. The lowest BCUT2D eigenvalue weighted by atomic mass is 10.1. The lowest BCUT2D eigenvalue weighted by Gasteiger charge is -2.36. The number of hydrogen-bond acceptors (Lipinski definition) is 5. The van der Waals surface area contributed by atoms with Crippen LogP contribution in [0.2, 0.25) is 0 Å². The van der Waals surface area contributed by atoms with Gasteiger partial charge >= 0.3 is 0 Å². The topological polar surface area (TPSA) is 65.9 Å². The van der Waals surface area contributed by atoms with Gasteiger partial charge in [0.25, 0.3) is 0 Å². The van der Waals surface area contributed by atoms with Crippen molar-refractivity contribution in [3.05, 3.63) is 89.7 Å². The van der Waals surface area contributed by atoms with Crippen LogP contribution in [0.3, 0.4) is 0 Å². The molecule has 8 heteroatoms. The fraction of sp³-hybridized carbons (Fsp3) is 0.320. The maximum absolute atomic E-state index is 5.83. The maximum atomic E-state index is 5.83. The highest BCUT2D eigenvalue weighted by Gasteiger charge is 2.20. The van der Waals surface area contributed by atoms with E-state index in [9.17, 15) is 0 Å². The first kappa shape index (κ1) is 24.9. The van der Waals surface area contributed by atoms with Crippen LogP contribution in [0.1, 0.15) is 16.7 Å². The Hall–Kier alpha value is -2.72. The number of halogens is 1. The average molecular weight is 558 g/mol. The zero-order valence-electron chi connectivity index (χ0n) is 18.9. The van der Waals surface area contributed by atoms with E-state index in [-0.39, 0.29) is 24.0 Å². The standard InChI is InChI=1S/C25H30N6O.HI/c1-26-24(30-14-16-31(17-15-30)25-27-12-5-13-28-25)29-18-21-8-10-23(11-9-21)20-32-19-22-6-3-2-4-7-22;/h2-13H,14-20H2,1H3,(H,26,29);1H. The summed E-state index contributed by atoms with van der Waals surface area (Å²) >= 11 is 0. The molecule has 0 bridgehead atoms. The fourth-order valence-electron chi connectivity index (χ4n) is 3.70. The van der Waals surface area contributed by atoms with E-state index >= 15 is 0 Å². The van der Waals surface area contributed by atoms with Crippen LogP contribution in [0.15, 0.2) is 78.0 Å². The Labute approximate surface area is 212 Å². The number of nitrogens with one attached hydrogen (secondary N) is 1. The first-order valence-corrected chi connectivity index (χ1v) is 11.0. The van der Waals surface area contributed by atoms with Crippen LogP contribution >= 0.6 is 24.0 Å². The molecular weight excluding hydrogens is 527 g/mol. The van der Waals surface area contributed by atoms with Crippen molar-refractivity contribution in [3.8, 4) is 0 Å². The van der Waals surface area contributed by atoms with Gasteiger partial charge in [-0.1, -0.05) is 54.6 Å². The number of aromatic nitrogens is 2. The smallest absolute Gasteiger partial charge is 0.225 e. The van der Waals surface area contributed by atoms with Gasteiger partial charge in [-0.2, -0.15) is 0 Å². The van der Waals surface area contributed by atoms with Gasteiger partial charge < -0.3 is 19.9 Å². The average Bonchev–Trinajstić information content (AvgIpc) is 2.87. The molecule has 0 aliphatic carbocycles. The lowest BCUT2D eigenvalue weighted by Crippen LogP contribution is -2.52. The van der Waals surface area contributed by atoms with Crippen LogP contribution < -0.4 is 10.2 Å². The number of benzene rings is 2. The Balaban J connectivity index is 0.00000306. The van der Waals surface area contributed by atoms with Crippen molar-refractivity contribution in [2.75, 3.05) is 38.1 Å². The molecule has 0 saturated carbocycles. The number of rotatable bonds is 7. The van der Waals surface area contributed by atoms with E-state index in [2.05, 4.69) is 66.5 Å². The minimum atomic E-state index is 0. The largest absolute Gasteiger partial charge is 0.372 e. The third kappa shape index (κ3) is 7.40. The summed E-state index contributed by atoms with van der Waals surface area (Å²) in [7, 11) is 1.84. The van der Waals surface area contributed by atoms with Crippen LogP contribution in [-0.4, -0.2) is 54.1 Å². The van der Waals surface area contributed by atoms with Crippen molar-refractivity contribution < 1.29 is 4.74 Å². The van der Waals surface area contributed by atoms with E-state index in [4.69, 9.17) is 4.74 Å². The highest BCUT2D eigenvalue weighted by atomic mass is 127. The molecule has 0 radical (unpaired) electrons. The van der Waals surface area contributed by atoms with Gasteiger partial charge in [-0.3, -0.25) is 4.99 Å². The molecule has 1 aromatic heterocycles. The quantitative estimate of drug-likeness (QED) is 0.271. The zero-order chi connectivity index (χ0) is 22.0. The van der Waals surface area contributed by atoms with E-state index < -0.39 is 0 Å². The molecular formula is C25H31IN6O. The van der Waals surface area contributed by atoms with Crippen molar-refractivity contribution in [1.29, 1.82) is 0 Å². The van der Waals surface area contributed by atoms with Gasteiger partial charge in [-0.15, -0.1) is 24.0 Å². The van der Waals surface area contributed by atoms with Crippen molar-refractivity contribution in [2.45, 2.75) is 19.8 Å². The predicted octanol–water partition coefficient (Wildman–Crippen LogP) is 3.71. The molecule has 33 heavy (non-hydrogen) atoms. The van der Waals surface area contributed by atoms with Crippen LogP contribution in [0.4, 0.5) is 5.95 Å². The van der Waals surface area contributed by atoms with Gasteiger partial charge in [0.05, 0.1) is 13.2 Å². The number of anilines is 1. The van der Waals surface area contributed by atoms with E-state index in [1.54, 1.807) is 12.4 Å².